The van der Waals surface area contributed by atoms with E-state index in [2.05, 4.69) is 14.8 Å². The van der Waals surface area contributed by atoms with Gasteiger partial charge in [0, 0.05) is 25.7 Å². The third kappa shape index (κ3) is 2.23. The Bertz CT molecular complexity index is 504. The Morgan fingerprint density at radius 1 is 1.32 bits per heavy atom. The molecule has 1 atom stereocenters. The molecule has 102 valence electrons. The van der Waals surface area contributed by atoms with E-state index in [1.165, 1.54) is 19.4 Å². The van der Waals surface area contributed by atoms with Crippen LogP contribution in [0, 0.1) is 0 Å². The predicted molar refractivity (Wildman–Crippen MR) is 74.0 cm³/mol. The maximum absolute atomic E-state index is 11.2. The molecule has 0 bridgehead atoms. The van der Waals surface area contributed by atoms with Crippen molar-refractivity contribution < 1.29 is 4.79 Å². The van der Waals surface area contributed by atoms with Crippen LogP contribution in [-0.4, -0.2) is 48.0 Å². The molecule has 6 heteroatoms. The maximum atomic E-state index is 11.2. The summed E-state index contributed by atoms with van der Waals surface area (Å²) in [5.74, 6) is 0.184. The van der Waals surface area contributed by atoms with E-state index in [-0.39, 0.29) is 5.69 Å². The van der Waals surface area contributed by atoms with E-state index < -0.39 is 5.91 Å². The fraction of sp³-hybridized carbons (Fsp3) is 0.538. The van der Waals surface area contributed by atoms with Crippen molar-refractivity contribution in [3.8, 4) is 0 Å². The summed E-state index contributed by atoms with van der Waals surface area (Å²) >= 11 is 0. The average molecular weight is 261 g/mol. The van der Waals surface area contributed by atoms with Crippen LogP contribution in [-0.2, 0) is 0 Å². The lowest BCUT2D eigenvalue weighted by Crippen LogP contribution is -2.50. The molecule has 0 radical (unpaired) electrons. The van der Waals surface area contributed by atoms with Crippen LogP contribution in [0.5, 0.6) is 0 Å². The normalized spacial score (nSPS) is 23.4. The summed E-state index contributed by atoms with van der Waals surface area (Å²) in [7, 11) is 0. The first-order valence-electron chi connectivity index (χ1n) is 6.70. The Hall–Kier alpha value is -1.82. The Balaban J connectivity index is 1.85. The van der Waals surface area contributed by atoms with Crippen LogP contribution >= 0.6 is 0 Å². The van der Waals surface area contributed by atoms with Crippen molar-refractivity contribution in [2.24, 2.45) is 5.73 Å². The summed E-state index contributed by atoms with van der Waals surface area (Å²) < 4.78 is 0. The number of aromatic nitrogens is 1. The van der Waals surface area contributed by atoms with Gasteiger partial charge in [0.2, 0.25) is 0 Å². The van der Waals surface area contributed by atoms with Gasteiger partial charge in [-0.05, 0) is 31.5 Å². The average Bonchev–Trinajstić information content (AvgIpc) is 2.86. The number of nitrogens with zero attached hydrogens (tertiary/aromatic N) is 3. The molecule has 1 unspecified atom stereocenters. The van der Waals surface area contributed by atoms with Gasteiger partial charge < -0.3 is 16.4 Å². The largest absolute Gasteiger partial charge is 0.396 e. The number of piperazine rings is 1. The lowest BCUT2D eigenvalue weighted by molar-refractivity contribution is 0.0995. The number of anilines is 2. The molecule has 0 aromatic carbocycles. The summed E-state index contributed by atoms with van der Waals surface area (Å²) in [5, 5.41) is 0. The van der Waals surface area contributed by atoms with E-state index >= 15 is 0 Å². The van der Waals surface area contributed by atoms with Crippen molar-refractivity contribution in [1.29, 1.82) is 0 Å². The molecule has 4 N–H and O–H groups in total. The molecule has 6 nitrogen and oxygen atoms in total. The molecule has 3 rings (SSSR count). The molecule has 1 aromatic rings. The molecule has 0 saturated carbocycles. The number of rotatable bonds is 2. The molecule has 2 aliphatic rings. The van der Waals surface area contributed by atoms with Crippen LogP contribution < -0.4 is 16.4 Å². The predicted octanol–water partition coefficient (Wildman–Crippen LogP) is 0.0471. The van der Waals surface area contributed by atoms with Crippen LogP contribution in [0.25, 0.3) is 0 Å². The van der Waals surface area contributed by atoms with Gasteiger partial charge in [-0.15, -0.1) is 0 Å². The van der Waals surface area contributed by atoms with Crippen LogP contribution in [0.3, 0.4) is 0 Å². The molecule has 3 heterocycles. The summed E-state index contributed by atoms with van der Waals surface area (Å²) in [6.45, 7) is 4.06. The highest BCUT2D eigenvalue weighted by atomic mass is 16.1. The first-order chi connectivity index (χ1) is 9.15. The van der Waals surface area contributed by atoms with Gasteiger partial charge in [-0.1, -0.05) is 0 Å². The Morgan fingerprint density at radius 3 is 2.95 bits per heavy atom. The van der Waals surface area contributed by atoms with Crippen molar-refractivity contribution in [2.75, 3.05) is 36.8 Å². The van der Waals surface area contributed by atoms with Crippen LogP contribution in [0.15, 0.2) is 12.1 Å². The molecule has 2 aliphatic heterocycles. The quantitative estimate of drug-likeness (QED) is 0.785. The van der Waals surface area contributed by atoms with Crippen molar-refractivity contribution in [2.45, 2.75) is 18.9 Å². The number of hydrogen-bond acceptors (Lipinski definition) is 5. The minimum absolute atomic E-state index is 0.276. The number of carbonyl (C=O) groups is 1. The number of amides is 1. The summed E-state index contributed by atoms with van der Waals surface area (Å²) in [6, 6.07) is 3.88. The van der Waals surface area contributed by atoms with E-state index in [0.29, 0.717) is 17.5 Å². The van der Waals surface area contributed by atoms with Crippen molar-refractivity contribution in [3.05, 3.63) is 17.8 Å². The zero-order valence-electron chi connectivity index (χ0n) is 10.9. The van der Waals surface area contributed by atoms with E-state index in [1.54, 1.807) is 12.1 Å². The molecular formula is C13H19N5O. The van der Waals surface area contributed by atoms with Gasteiger partial charge in [0.1, 0.15) is 5.69 Å². The Labute approximate surface area is 112 Å². The minimum atomic E-state index is -0.513. The first-order valence-corrected chi connectivity index (χ1v) is 6.70. The minimum Gasteiger partial charge on any atom is -0.396 e. The number of hydrogen-bond donors (Lipinski definition) is 2. The number of primary amides is 1. The van der Waals surface area contributed by atoms with Crippen LogP contribution in [0.4, 0.5) is 11.5 Å². The third-order valence-electron chi connectivity index (χ3n) is 4.04. The van der Waals surface area contributed by atoms with Gasteiger partial charge in [0.05, 0.1) is 5.69 Å². The molecular weight excluding hydrogens is 242 g/mol. The van der Waals surface area contributed by atoms with Crippen molar-refractivity contribution in [1.82, 2.24) is 9.88 Å². The number of nitrogens with two attached hydrogens (primary N) is 2. The monoisotopic (exact) mass is 261 g/mol. The standard InChI is InChI=1S/C13H19N5O/c14-10-3-4-11(12(15)19)16-13(10)18-7-6-17-5-1-2-9(17)8-18/h3-4,9H,1-2,5-8,14H2,(H2,15,19). The molecule has 0 aliphatic carbocycles. The van der Waals surface area contributed by atoms with Gasteiger partial charge in [0.25, 0.3) is 5.91 Å². The summed E-state index contributed by atoms with van der Waals surface area (Å²) in [4.78, 5) is 20.2. The molecule has 1 aromatic heterocycles. The summed E-state index contributed by atoms with van der Waals surface area (Å²) in [6.07, 6.45) is 2.49. The van der Waals surface area contributed by atoms with Gasteiger partial charge >= 0.3 is 0 Å². The van der Waals surface area contributed by atoms with Crippen LogP contribution in [0.1, 0.15) is 23.3 Å². The smallest absolute Gasteiger partial charge is 0.267 e. The molecule has 19 heavy (non-hydrogen) atoms. The number of pyridine rings is 1. The van der Waals surface area contributed by atoms with Gasteiger partial charge in [-0.2, -0.15) is 0 Å². The van der Waals surface area contributed by atoms with E-state index in [1.807, 2.05) is 0 Å². The SMILES string of the molecule is NC(=O)c1ccc(N)c(N2CCN3CCCC3C2)n1. The molecule has 2 saturated heterocycles. The topological polar surface area (TPSA) is 88.5 Å². The highest BCUT2D eigenvalue weighted by molar-refractivity contribution is 5.91. The fourth-order valence-electron chi connectivity index (χ4n) is 3.03. The second-order valence-corrected chi connectivity index (χ2v) is 5.25. The van der Waals surface area contributed by atoms with Crippen molar-refractivity contribution >= 4 is 17.4 Å². The van der Waals surface area contributed by atoms with Gasteiger partial charge in [0.15, 0.2) is 5.82 Å². The molecule has 1 amide bonds. The lowest BCUT2D eigenvalue weighted by Gasteiger charge is -2.38. The number of fused-ring (bicyclic) bond motifs is 1. The van der Waals surface area contributed by atoms with E-state index in [4.69, 9.17) is 11.5 Å². The first kappa shape index (κ1) is 12.2. The van der Waals surface area contributed by atoms with E-state index in [9.17, 15) is 4.79 Å². The second kappa shape index (κ2) is 4.70. The van der Waals surface area contributed by atoms with Gasteiger partial charge in [-0.3, -0.25) is 9.69 Å². The van der Waals surface area contributed by atoms with Crippen LogP contribution in [0.2, 0.25) is 0 Å². The van der Waals surface area contributed by atoms with Crippen molar-refractivity contribution in [3.63, 3.8) is 0 Å². The fourth-order valence-corrected chi connectivity index (χ4v) is 3.03. The second-order valence-electron chi connectivity index (χ2n) is 5.25. The third-order valence-corrected chi connectivity index (χ3v) is 4.04. The zero-order chi connectivity index (χ0) is 13.4. The highest BCUT2D eigenvalue weighted by Gasteiger charge is 2.31. The number of carbonyl (C=O) groups excluding carboxylic acids is 1. The molecule has 2 fully saturated rings. The molecule has 0 spiro atoms. The lowest BCUT2D eigenvalue weighted by atomic mass is 10.1. The Kier molecular flexibility index (Phi) is 3.02. The van der Waals surface area contributed by atoms with E-state index in [0.717, 1.165) is 19.6 Å². The maximum Gasteiger partial charge on any atom is 0.267 e. The highest BCUT2D eigenvalue weighted by Crippen LogP contribution is 2.27. The van der Waals surface area contributed by atoms with Gasteiger partial charge in [-0.25, -0.2) is 4.98 Å². The zero-order valence-corrected chi connectivity index (χ0v) is 10.9. The number of nitrogen functional groups attached to an aromatic ring is 1. The Morgan fingerprint density at radius 2 is 2.16 bits per heavy atom. The summed E-state index contributed by atoms with van der Waals surface area (Å²) in [5.41, 5.74) is 12.2.